The number of nitrogens with one attached hydrogen (secondary N) is 1. The fraction of sp³-hybridized carbons (Fsp3) is 0.375. The number of hydrogen-bond acceptors (Lipinski definition) is 3. The summed E-state index contributed by atoms with van der Waals surface area (Å²) in [5.41, 5.74) is 0.912. The number of benzene rings is 2. The molecule has 0 aliphatic rings. The number of aliphatic hydroxyl groups excluding tert-OH is 1. The Kier molecular flexibility index (Phi) is 4.40. The molecule has 19 heavy (non-hydrogen) atoms. The van der Waals surface area contributed by atoms with E-state index in [2.05, 4.69) is 5.32 Å². The number of phenols is 1. The quantitative estimate of drug-likeness (QED) is 0.773. The molecule has 3 N–H and O–H groups in total. The molecule has 0 saturated carbocycles. The van der Waals surface area contributed by atoms with Gasteiger partial charge in [-0.25, -0.2) is 0 Å². The molecule has 0 radical (unpaired) electrons. The van der Waals surface area contributed by atoms with E-state index in [0.29, 0.717) is 12.3 Å². The van der Waals surface area contributed by atoms with Crippen molar-refractivity contribution in [3.8, 4) is 5.75 Å². The second-order valence-corrected chi connectivity index (χ2v) is 5.11. The van der Waals surface area contributed by atoms with Gasteiger partial charge in [-0.1, -0.05) is 37.3 Å². The molecule has 0 fully saturated rings. The Bertz CT molecular complexity index is 553. The average Bonchev–Trinajstić information content (AvgIpc) is 2.45. The van der Waals surface area contributed by atoms with Gasteiger partial charge in [-0.05, 0) is 29.7 Å². The van der Waals surface area contributed by atoms with Gasteiger partial charge in [-0.15, -0.1) is 0 Å². The Morgan fingerprint density at radius 2 is 1.84 bits per heavy atom. The molecule has 0 aliphatic heterocycles. The minimum Gasteiger partial charge on any atom is -0.508 e. The maximum absolute atomic E-state index is 10.0. The third kappa shape index (κ3) is 3.06. The van der Waals surface area contributed by atoms with Gasteiger partial charge in [0.15, 0.2) is 0 Å². The van der Waals surface area contributed by atoms with Gasteiger partial charge in [-0.3, -0.25) is 0 Å². The SMILES string of the molecule is CC(CO)C(C)NCc1c(O)ccc2ccccc12. The van der Waals surface area contributed by atoms with Gasteiger partial charge in [-0.2, -0.15) is 0 Å². The maximum atomic E-state index is 10.0. The molecule has 0 saturated heterocycles. The van der Waals surface area contributed by atoms with Crippen LogP contribution in [0.3, 0.4) is 0 Å². The van der Waals surface area contributed by atoms with Gasteiger partial charge < -0.3 is 15.5 Å². The van der Waals surface area contributed by atoms with E-state index in [4.69, 9.17) is 5.11 Å². The first-order valence-electron chi connectivity index (χ1n) is 6.67. The lowest BCUT2D eigenvalue weighted by atomic mass is 10.0. The summed E-state index contributed by atoms with van der Waals surface area (Å²) in [5, 5.41) is 24.7. The molecular formula is C16H21NO2. The number of phenolic OH excluding ortho intramolecular Hbond substituents is 1. The van der Waals surface area contributed by atoms with Crippen LogP contribution in [-0.4, -0.2) is 22.9 Å². The standard InChI is InChI=1S/C16H21NO2/c1-11(10-18)12(2)17-9-15-14-6-4-3-5-13(14)7-8-16(15)19/h3-8,11-12,17-19H,9-10H2,1-2H3. The average molecular weight is 259 g/mol. The van der Waals surface area contributed by atoms with Crippen LogP contribution in [0, 0.1) is 5.92 Å². The second kappa shape index (κ2) is 6.04. The summed E-state index contributed by atoms with van der Waals surface area (Å²) in [4.78, 5) is 0. The van der Waals surface area contributed by atoms with Gasteiger partial charge in [0.2, 0.25) is 0 Å². The lowest BCUT2D eigenvalue weighted by molar-refractivity contribution is 0.207. The van der Waals surface area contributed by atoms with Crippen molar-refractivity contribution in [2.75, 3.05) is 6.61 Å². The van der Waals surface area contributed by atoms with Crippen molar-refractivity contribution in [2.45, 2.75) is 26.4 Å². The summed E-state index contributed by atoms with van der Waals surface area (Å²) >= 11 is 0. The Morgan fingerprint density at radius 1 is 1.11 bits per heavy atom. The Hall–Kier alpha value is -1.58. The molecule has 0 bridgehead atoms. The molecule has 2 unspecified atom stereocenters. The molecule has 0 aromatic heterocycles. The van der Waals surface area contributed by atoms with Crippen molar-refractivity contribution in [1.82, 2.24) is 5.32 Å². The van der Waals surface area contributed by atoms with Gasteiger partial charge in [0.25, 0.3) is 0 Å². The van der Waals surface area contributed by atoms with Crippen molar-refractivity contribution < 1.29 is 10.2 Å². The van der Waals surface area contributed by atoms with Crippen LogP contribution in [0.25, 0.3) is 10.8 Å². The summed E-state index contributed by atoms with van der Waals surface area (Å²) in [6, 6.07) is 11.9. The fourth-order valence-corrected chi connectivity index (χ4v) is 2.13. The van der Waals surface area contributed by atoms with Crippen LogP contribution in [0.2, 0.25) is 0 Å². The van der Waals surface area contributed by atoms with Crippen LogP contribution < -0.4 is 5.32 Å². The van der Waals surface area contributed by atoms with E-state index in [-0.39, 0.29) is 18.6 Å². The van der Waals surface area contributed by atoms with Crippen LogP contribution >= 0.6 is 0 Å². The highest BCUT2D eigenvalue weighted by Crippen LogP contribution is 2.27. The van der Waals surface area contributed by atoms with E-state index in [0.717, 1.165) is 16.3 Å². The molecule has 2 aromatic carbocycles. The van der Waals surface area contributed by atoms with Gasteiger partial charge in [0, 0.05) is 24.8 Å². The third-order valence-electron chi connectivity index (χ3n) is 3.76. The lowest BCUT2D eigenvalue weighted by Gasteiger charge is -2.20. The van der Waals surface area contributed by atoms with Crippen LogP contribution in [0.15, 0.2) is 36.4 Å². The normalized spacial score (nSPS) is 14.5. The summed E-state index contributed by atoms with van der Waals surface area (Å²) in [5.74, 6) is 0.507. The van der Waals surface area contributed by atoms with Gasteiger partial charge >= 0.3 is 0 Å². The number of hydrogen-bond donors (Lipinski definition) is 3. The monoisotopic (exact) mass is 259 g/mol. The zero-order chi connectivity index (χ0) is 13.8. The highest BCUT2D eigenvalue weighted by Gasteiger charge is 2.12. The summed E-state index contributed by atoms with van der Waals surface area (Å²) < 4.78 is 0. The molecule has 3 nitrogen and oxygen atoms in total. The minimum atomic E-state index is 0.162. The molecule has 0 heterocycles. The number of aliphatic hydroxyl groups is 1. The molecular weight excluding hydrogens is 238 g/mol. The van der Waals surface area contributed by atoms with Gasteiger partial charge in [0.05, 0.1) is 0 Å². The largest absolute Gasteiger partial charge is 0.508 e. The van der Waals surface area contributed by atoms with Crippen molar-refractivity contribution in [2.24, 2.45) is 5.92 Å². The zero-order valence-electron chi connectivity index (χ0n) is 11.4. The van der Waals surface area contributed by atoms with Crippen molar-refractivity contribution in [1.29, 1.82) is 0 Å². The van der Waals surface area contributed by atoms with E-state index >= 15 is 0 Å². The van der Waals surface area contributed by atoms with E-state index in [1.165, 1.54) is 0 Å². The molecule has 2 rings (SSSR count). The fourth-order valence-electron chi connectivity index (χ4n) is 2.13. The molecule has 102 valence electrons. The minimum absolute atomic E-state index is 0.162. The van der Waals surface area contributed by atoms with Crippen LogP contribution in [0.5, 0.6) is 5.75 Å². The first kappa shape index (κ1) is 13.8. The lowest BCUT2D eigenvalue weighted by Crippen LogP contribution is -2.33. The highest BCUT2D eigenvalue weighted by molar-refractivity contribution is 5.87. The predicted molar refractivity (Wildman–Crippen MR) is 78.2 cm³/mol. The number of rotatable bonds is 5. The van der Waals surface area contributed by atoms with E-state index in [1.807, 2.05) is 44.2 Å². The molecule has 2 atom stereocenters. The van der Waals surface area contributed by atoms with Gasteiger partial charge in [0.1, 0.15) is 5.75 Å². The molecule has 0 aliphatic carbocycles. The number of fused-ring (bicyclic) bond motifs is 1. The summed E-state index contributed by atoms with van der Waals surface area (Å²) in [6.45, 7) is 4.80. The van der Waals surface area contributed by atoms with Crippen LogP contribution in [0.1, 0.15) is 19.4 Å². The Labute approximate surface area is 113 Å². The first-order valence-corrected chi connectivity index (χ1v) is 6.67. The summed E-state index contributed by atoms with van der Waals surface area (Å²) in [7, 11) is 0. The Morgan fingerprint density at radius 3 is 2.58 bits per heavy atom. The second-order valence-electron chi connectivity index (χ2n) is 5.11. The zero-order valence-corrected chi connectivity index (χ0v) is 11.4. The third-order valence-corrected chi connectivity index (χ3v) is 3.76. The molecule has 3 heteroatoms. The Balaban J connectivity index is 2.22. The molecule has 0 amide bonds. The van der Waals surface area contributed by atoms with Crippen LogP contribution in [-0.2, 0) is 6.54 Å². The van der Waals surface area contributed by atoms with Crippen molar-refractivity contribution in [3.63, 3.8) is 0 Å². The highest BCUT2D eigenvalue weighted by atomic mass is 16.3. The topological polar surface area (TPSA) is 52.5 Å². The van der Waals surface area contributed by atoms with Crippen molar-refractivity contribution in [3.05, 3.63) is 42.0 Å². The first-order chi connectivity index (χ1) is 9.13. The number of aromatic hydroxyl groups is 1. The molecule has 0 spiro atoms. The van der Waals surface area contributed by atoms with E-state index < -0.39 is 0 Å². The van der Waals surface area contributed by atoms with E-state index in [1.54, 1.807) is 6.07 Å². The van der Waals surface area contributed by atoms with Crippen LogP contribution in [0.4, 0.5) is 0 Å². The van der Waals surface area contributed by atoms with E-state index in [9.17, 15) is 5.11 Å². The molecule has 2 aromatic rings. The maximum Gasteiger partial charge on any atom is 0.120 e. The smallest absolute Gasteiger partial charge is 0.120 e. The van der Waals surface area contributed by atoms with Crippen molar-refractivity contribution >= 4 is 10.8 Å². The summed E-state index contributed by atoms with van der Waals surface area (Å²) in [6.07, 6.45) is 0. The predicted octanol–water partition coefficient (Wildman–Crippen LogP) is 2.65.